The van der Waals surface area contributed by atoms with Crippen LogP contribution in [0.3, 0.4) is 0 Å². The minimum absolute atomic E-state index is 0. The summed E-state index contributed by atoms with van der Waals surface area (Å²) in [7, 11) is 0. The summed E-state index contributed by atoms with van der Waals surface area (Å²) < 4.78 is 78.9. The van der Waals surface area contributed by atoms with Gasteiger partial charge in [-0.1, -0.05) is 36.0 Å². The van der Waals surface area contributed by atoms with Crippen molar-refractivity contribution in [2.24, 2.45) is 0 Å². The molecule has 0 unspecified atom stereocenters. The fourth-order valence-corrected chi connectivity index (χ4v) is 4.06. The van der Waals surface area contributed by atoms with Gasteiger partial charge in [0.15, 0.2) is 5.16 Å². The number of thioether (sulfide) groups is 1. The first-order valence-electron chi connectivity index (χ1n) is 8.23. The third-order valence-corrected chi connectivity index (χ3v) is 5.41. The number of hydrogen-bond acceptors (Lipinski definition) is 2. The SMILES string of the molecule is Br.FC(F)(F)c1ccc(-c2nc3n(c2-c2ccc(C(F)(F)F)cc2)CCS3)cc1. The van der Waals surface area contributed by atoms with Gasteiger partial charge >= 0.3 is 12.4 Å². The van der Waals surface area contributed by atoms with Crippen LogP contribution in [0.4, 0.5) is 26.3 Å². The molecule has 1 aromatic heterocycles. The highest BCUT2D eigenvalue weighted by Gasteiger charge is 2.32. The number of fused-ring (bicyclic) bond motifs is 1. The molecule has 29 heavy (non-hydrogen) atoms. The standard InChI is InChI=1S/C19H12F6N2S.BrH/c20-18(21,22)13-5-1-11(2-6-13)15-16(27-9-10-28-17(27)26-15)12-3-7-14(8-4-12)19(23,24)25;/h1-8H,9-10H2;1H. The largest absolute Gasteiger partial charge is 0.416 e. The molecule has 3 aromatic rings. The van der Waals surface area contributed by atoms with Gasteiger partial charge in [0.2, 0.25) is 0 Å². The number of aromatic nitrogens is 2. The van der Waals surface area contributed by atoms with E-state index in [2.05, 4.69) is 4.98 Å². The van der Waals surface area contributed by atoms with E-state index >= 15 is 0 Å². The predicted octanol–water partition coefficient (Wildman–Crippen LogP) is 6.94. The molecule has 0 fully saturated rings. The van der Waals surface area contributed by atoms with Crippen LogP contribution in [0.15, 0.2) is 53.7 Å². The van der Waals surface area contributed by atoms with E-state index in [1.165, 1.54) is 36.0 Å². The molecular formula is C19H13BrF6N2S. The molecule has 2 aromatic carbocycles. The average molecular weight is 495 g/mol. The van der Waals surface area contributed by atoms with E-state index < -0.39 is 23.5 Å². The summed E-state index contributed by atoms with van der Waals surface area (Å²) in [6.45, 7) is 0.629. The first-order chi connectivity index (χ1) is 13.1. The highest BCUT2D eigenvalue weighted by molar-refractivity contribution is 8.93. The molecule has 10 heteroatoms. The lowest BCUT2D eigenvalue weighted by Gasteiger charge is -2.11. The van der Waals surface area contributed by atoms with Crippen molar-refractivity contribution in [1.29, 1.82) is 0 Å². The Hall–Kier alpha value is -1.94. The number of halogens is 7. The molecule has 0 N–H and O–H groups in total. The van der Waals surface area contributed by atoms with Gasteiger partial charge in [0, 0.05) is 23.4 Å². The van der Waals surface area contributed by atoms with Crippen molar-refractivity contribution >= 4 is 28.7 Å². The molecule has 0 bridgehead atoms. The Balaban J connectivity index is 0.00000240. The van der Waals surface area contributed by atoms with Crippen LogP contribution < -0.4 is 0 Å². The third kappa shape index (κ3) is 4.18. The van der Waals surface area contributed by atoms with Crippen molar-refractivity contribution in [2.45, 2.75) is 24.1 Å². The molecule has 0 radical (unpaired) electrons. The second-order valence-electron chi connectivity index (χ2n) is 6.24. The molecule has 0 saturated heterocycles. The van der Waals surface area contributed by atoms with Crippen LogP contribution in [0.1, 0.15) is 11.1 Å². The summed E-state index contributed by atoms with van der Waals surface area (Å²) in [5, 5.41) is 0.699. The number of benzene rings is 2. The molecular weight excluding hydrogens is 482 g/mol. The number of hydrogen-bond donors (Lipinski definition) is 0. The van der Waals surface area contributed by atoms with Crippen LogP contribution in [0.5, 0.6) is 0 Å². The summed E-state index contributed by atoms with van der Waals surface area (Å²) >= 11 is 1.50. The number of imidazole rings is 1. The van der Waals surface area contributed by atoms with Gasteiger partial charge in [-0.05, 0) is 24.3 Å². The zero-order chi connectivity index (χ0) is 20.1. The van der Waals surface area contributed by atoms with Crippen molar-refractivity contribution < 1.29 is 26.3 Å². The Kier molecular flexibility index (Phi) is 5.79. The zero-order valence-electron chi connectivity index (χ0n) is 14.5. The number of nitrogens with zero attached hydrogens (tertiary/aromatic N) is 2. The molecule has 0 aliphatic carbocycles. The maximum absolute atomic E-state index is 12.8. The van der Waals surface area contributed by atoms with Crippen LogP contribution in [0, 0.1) is 0 Å². The van der Waals surface area contributed by atoms with Crippen molar-refractivity contribution in [1.82, 2.24) is 9.55 Å². The molecule has 0 saturated carbocycles. The van der Waals surface area contributed by atoms with Gasteiger partial charge in [-0.2, -0.15) is 26.3 Å². The fraction of sp³-hybridized carbons (Fsp3) is 0.211. The normalized spacial score (nSPS) is 13.9. The van der Waals surface area contributed by atoms with Crippen molar-refractivity contribution in [2.75, 3.05) is 5.75 Å². The molecule has 1 aliphatic heterocycles. The summed E-state index contributed by atoms with van der Waals surface area (Å²) in [4.78, 5) is 4.52. The van der Waals surface area contributed by atoms with Crippen LogP contribution in [0.2, 0.25) is 0 Å². The lowest BCUT2D eigenvalue weighted by atomic mass is 10.0. The van der Waals surface area contributed by atoms with Gasteiger partial charge in [-0.3, -0.25) is 0 Å². The first-order valence-corrected chi connectivity index (χ1v) is 9.22. The second kappa shape index (κ2) is 7.71. The Morgan fingerprint density at radius 1 is 0.759 bits per heavy atom. The van der Waals surface area contributed by atoms with Crippen molar-refractivity contribution in [3.63, 3.8) is 0 Å². The van der Waals surface area contributed by atoms with Crippen LogP contribution >= 0.6 is 28.7 Å². The third-order valence-electron chi connectivity index (χ3n) is 4.45. The predicted molar refractivity (Wildman–Crippen MR) is 104 cm³/mol. The summed E-state index contributed by atoms with van der Waals surface area (Å²) in [5.41, 5.74) is 0.537. The first kappa shape index (κ1) is 21.8. The van der Waals surface area contributed by atoms with E-state index in [0.717, 1.165) is 30.0 Å². The van der Waals surface area contributed by atoms with E-state index in [1.54, 1.807) is 0 Å². The Morgan fingerprint density at radius 3 is 1.72 bits per heavy atom. The average Bonchev–Trinajstić information content (AvgIpc) is 3.21. The Morgan fingerprint density at radius 2 is 1.24 bits per heavy atom. The fourth-order valence-electron chi connectivity index (χ4n) is 3.11. The topological polar surface area (TPSA) is 17.8 Å². The van der Waals surface area contributed by atoms with Gasteiger partial charge in [0.25, 0.3) is 0 Å². The van der Waals surface area contributed by atoms with Crippen LogP contribution in [-0.2, 0) is 18.9 Å². The Bertz CT molecular complexity index is 1010. The number of rotatable bonds is 2. The van der Waals surface area contributed by atoms with Crippen molar-refractivity contribution in [3.05, 3.63) is 59.7 Å². The Labute approximate surface area is 176 Å². The number of alkyl halides is 6. The molecule has 2 nitrogen and oxygen atoms in total. The molecule has 4 rings (SSSR count). The van der Waals surface area contributed by atoms with Crippen LogP contribution in [-0.4, -0.2) is 15.3 Å². The summed E-state index contributed by atoms with van der Waals surface area (Å²) in [6.07, 6.45) is -8.88. The van der Waals surface area contributed by atoms with E-state index in [4.69, 9.17) is 0 Å². The van der Waals surface area contributed by atoms with E-state index in [0.29, 0.717) is 34.2 Å². The zero-order valence-corrected chi connectivity index (χ0v) is 17.0. The molecule has 1 aliphatic rings. The van der Waals surface area contributed by atoms with Crippen LogP contribution in [0.25, 0.3) is 22.5 Å². The molecule has 2 heterocycles. The monoisotopic (exact) mass is 494 g/mol. The van der Waals surface area contributed by atoms with Gasteiger partial charge in [-0.15, -0.1) is 17.0 Å². The van der Waals surface area contributed by atoms with Crippen molar-refractivity contribution in [3.8, 4) is 22.5 Å². The summed E-state index contributed by atoms with van der Waals surface area (Å²) in [5.74, 6) is 0.781. The maximum Gasteiger partial charge on any atom is 0.416 e. The van der Waals surface area contributed by atoms with Gasteiger partial charge < -0.3 is 4.57 Å². The molecule has 0 atom stereocenters. The maximum atomic E-state index is 12.8. The molecule has 154 valence electrons. The highest BCUT2D eigenvalue weighted by Crippen LogP contribution is 2.40. The van der Waals surface area contributed by atoms with E-state index in [1.807, 2.05) is 4.57 Å². The van der Waals surface area contributed by atoms with Gasteiger partial charge in [0.05, 0.1) is 22.5 Å². The second-order valence-corrected chi connectivity index (χ2v) is 7.30. The lowest BCUT2D eigenvalue weighted by Crippen LogP contribution is -2.05. The highest BCUT2D eigenvalue weighted by atomic mass is 79.9. The smallest absolute Gasteiger partial charge is 0.318 e. The minimum Gasteiger partial charge on any atom is -0.318 e. The molecule has 0 spiro atoms. The quantitative estimate of drug-likeness (QED) is 0.359. The molecule has 0 amide bonds. The minimum atomic E-state index is -4.44. The van der Waals surface area contributed by atoms with Gasteiger partial charge in [-0.25, -0.2) is 4.98 Å². The van der Waals surface area contributed by atoms with Gasteiger partial charge in [0.1, 0.15) is 0 Å². The van der Waals surface area contributed by atoms with E-state index in [9.17, 15) is 26.3 Å². The summed E-state index contributed by atoms with van der Waals surface area (Å²) in [6, 6.07) is 9.33. The lowest BCUT2D eigenvalue weighted by molar-refractivity contribution is -0.138. The van der Waals surface area contributed by atoms with E-state index in [-0.39, 0.29) is 17.0 Å².